The number of hydrogen-bond donors (Lipinski definition) is 1. The van der Waals surface area contributed by atoms with Crippen molar-refractivity contribution in [2.75, 3.05) is 0 Å². The van der Waals surface area contributed by atoms with E-state index in [1.165, 1.54) is 0 Å². The van der Waals surface area contributed by atoms with E-state index in [4.69, 9.17) is 5.73 Å². The van der Waals surface area contributed by atoms with Crippen LogP contribution >= 0.6 is 15.9 Å². The lowest BCUT2D eigenvalue weighted by Crippen LogP contribution is -2.13. The van der Waals surface area contributed by atoms with Crippen molar-refractivity contribution in [1.82, 2.24) is 4.98 Å². The van der Waals surface area contributed by atoms with Gasteiger partial charge in [0, 0.05) is 29.3 Å². The summed E-state index contributed by atoms with van der Waals surface area (Å²) in [5, 5.41) is 0. The van der Waals surface area contributed by atoms with Crippen molar-refractivity contribution in [3.63, 3.8) is 0 Å². The predicted octanol–water partition coefficient (Wildman–Crippen LogP) is 3.58. The van der Waals surface area contributed by atoms with Gasteiger partial charge in [-0.25, -0.2) is 0 Å². The van der Waals surface area contributed by atoms with Gasteiger partial charge in [-0.3, -0.25) is 4.98 Å². The molecule has 1 heterocycles. The van der Waals surface area contributed by atoms with Gasteiger partial charge in [-0.15, -0.1) is 0 Å². The van der Waals surface area contributed by atoms with Gasteiger partial charge in [0.05, 0.1) is 0 Å². The number of nitrogens with zero attached hydrogens (tertiary/aromatic N) is 1. The molecule has 1 unspecified atom stereocenters. The van der Waals surface area contributed by atoms with Crippen LogP contribution in [-0.2, 0) is 0 Å². The minimum Gasteiger partial charge on any atom is -0.324 e. The van der Waals surface area contributed by atoms with Gasteiger partial charge < -0.3 is 5.73 Å². The highest BCUT2D eigenvalue weighted by molar-refractivity contribution is 9.10. The van der Waals surface area contributed by atoms with Crippen molar-refractivity contribution in [3.8, 4) is 0 Å². The highest BCUT2D eigenvalue weighted by Crippen LogP contribution is 2.25. The van der Waals surface area contributed by atoms with E-state index in [-0.39, 0.29) is 6.42 Å². The number of pyridine rings is 1. The van der Waals surface area contributed by atoms with E-state index in [0.717, 1.165) is 10.0 Å². The van der Waals surface area contributed by atoms with Gasteiger partial charge in [-0.1, -0.05) is 0 Å². The van der Waals surface area contributed by atoms with E-state index in [9.17, 15) is 13.2 Å². The van der Waals surface area contributed by atoms with Gasteiger partial charge in [0.1, 0.15) is 0 Å². The Kier molecular flexibility index (Phi) is 4.73. The first kappa shape index (κ1) is 13.4. The molecule has 0 aliphatic carbocycles. The van der Waals surface area contributed by atoms with E-state index in [1.807, 2.05) is 0 Å². The molecule has 90 valence electrons. The van der Waals surface area contributed by atoms with Gasteiger partial charge in [-0.2, -0.15) is 13.2 Å². The molecule has 0 saturated heterocycles. The average molecular weight is 297 g/mol. The Morgan fingerprint density at radius 3 is 2.62 bits per heavy atom. The highest BCUT2D eigenvalue weighted by atomic mass is 79.9. The molecule has 0 spiro atoms. The zero-order chi connectivity index (χ0) is 12.2. The van der Waals surface area contributed by atoms with Crippen LogP contribution in [0.3, 0.4) is 0 Å². The fourth-order valence-electron chi connectivity index (χ4n) is 1.32. The number of rotatable bonds is 4. The highest BCUT2D eigenvalue weighted by Gasteiger charge is 2.26. The van der Waals surface area contributed by atoms with Gasteiger partial charge >= 0.3 is 6.18 Å². The molecule has 0 radical (unpaired) electrons. The fourth-order valence-corrected chi connectivity index (χ4v) is 1.70. The zero-order valence-electron chi connectivity index (χ0n) is 8.47. The van der Waals surface area contributed by atoms with E-state index in [1.54, 1.807) is 18.5 Å². The largest absolute Gasteiger partial charge is 0.389 e. The fraction of sp³-hybridized carbons (Fsp3) is 0.500. The van der Waals surface area contributed by atoms with Crippen LogP contribution in [0, 0.1) is 0 Å². The van der Waals surface area contributed by atoms with Crippen LogP contribution in [0.4, 0.5) is 13.2 Å². The first-order chi connectivity index (χ1) is 7.38. The Balaban J connectivity index is 2.44. The maximum atomic E-state index is 11.9. The lowest BCUT2D eigenvalue weighted by Gasteiger charge is -2.12. The summed E-state index contributed by atoms with van der Waals surface area (Å²) in [5.41, 5.74) is 6.51. The quantitative estimate of drug-likeness (QED) is 0.922. The number of halogens is 4. The molecule has 0 aliphatic heterocycles. The number of hydrogen-bond acceptors (Lipinski definition) is 2. The van der Waals surface area contributed by atoms with Gasteiger partial charge in [0.2, 0.25) is 0 Å². The van der Waals surface area contributed by atoms with Crippen LogP contribution in [0.25, 0.3) is 0 Å². The molecule has 0 amide bonds. The van der Waals surface area contributed by atoms with E-state index in [2.05, 4.69) is 20.9 Å². The van der Waals surface area contributed by atoms with Crippen molar-refractivity contribution in [2.45, 2.75) is 31.5 Å². The van der Waals surface area contributed by atoms with Crippen LogP contribution in [0.2, 0.25) is 0 Å². The second kappa shape index (κ2) is 5.63. The lowest BCUT2D eigenvalue weighted by atomic mass is 10.0. The SMILES string of the molecule is NC(CCCC(F)(F)F)c1cncc(Br)c1. The third kappa shape index (κ3) is 4.94. The third-order valence-electron chi connectivity index (χ3n) is 2.13. The maximum absolute atomic E-state index is 11.9. The third-order valence-corrected chi connectivity index (χ3v) is 2.56. The molecule has 2 N–H and O–H groups in total. The van der Waals surface area contributed by atoms with Gasteiger partial charge in [-0.05, 0) is 40.4 Å². The number of alkyl halides is 3. The van der Waals surface area contributed by atoms with Crippen molar-refractivity contribution >= 4 is 15.9 Å². The lowest BCUT2D eigenvalue weighted by molar-refractivity contribution is -0.135. The summed E-state index contributed by atoms with van der Waals surface area (Å²) >= 11 is 3.23. The maximum Gasteiger partial charge on any atom is 0.389 e. The van der Waals surface area contributed by atoms with Crippen molar-refractivity contribution in [1.29, 1.82) is 0 Å². The Labute approximate surface area is 100 Å². The predicted molar refractivity (Wildman–Crippen MR) is 58.8 cm³/mol. The second-order valence-corrected chi connectivity index (χ2v) is 4.47. The second-order valence-electron chi connectivity index (χ2n) is 3.55. The monoisotopic (exact) mass is 296 g/mol. The Morgan fingerprint density at radius 1 is 1.38 bits per heavy atom. The molecular formula is C10H12BrF3N2. The molecule has 1 aromatic rings. The Bertz CT molecular complexity index is 341. The Morgan fingerprint density at radius 2 is 2.06 bits per heavy atom. The molecule has 0 aliphatic rings. The molecule has 0 aromatic carbocycles. The van der Waals surface area contributed by atoms with E-state index < -0.39 is 18.6 Å². The normalized spacial score (nSPS) is 13.8. The molecule has 1 aromatic heterocycles. The summed E-state index contributed by atoms with van der Waals surface area (Å²) in [6, 6.07) is 1.37. The molecular weight excluding hydrogens is 285 g/mol. The van der Waals surface area contributed by atoms with Crippen LogP contribution in [0.5, 0.6) is 0 Å². The summed E-state index contributed by atoms with van der Waals surface area (Å²) in [5.74, 6) is 0. The van der Waals surface area contributed by atoms with Crippen molar-refractivity contribution in [2.24, 2.45) is 5.73 Å². The molecule has 0 bridgehead atoms. The molecule has 6 heteroatoms. The summed E-state index contributed by atoms with van der Waals surface area (Å²) in [6.07, 6.45) is -1.37. The zero-order valence-corrected chi connectivity index (χ0v) is 10.1. The molecule has 16 heavy (non-hydrogen) atoms. The molecule has 2 nitrogen and oxygen atoms in total. The smallest absolute Gasteiger partial charge is 0.324 e. The summed E-state index contributed by atoms with van der Waals surface area (Å²) in [4.78, 5) is 3.91. The van der Waals surface area contributed by atoms with Crippen molar-refractivity contribution in [3.05, 3.63) is 28.5 Å². The first-order valence-corrected chi connectivity index (χ1v) is 5.60. The summed E-state index contributed by atoms with van der Waals surface area (Å²) < 4.78 is 36.5. The summed E-state index contributed by atoms with van der Waals surface area (Å²) in [6.45, 7) is 0. The first-order valence-electron chi connectivity index (χ1n) is 4.81. The van der Waals surface area contributed by atoms with E-state index in [0.29, 0.717) is 6.42 Å². The topological polar surface area (TPSA) is 38.9 Å². The van der Waals surface area contributed by atoms with Crippen LogP contribution in [0.1, 0.15) is 30.9 Å². The molecule has 1 atom stereocenters. The van der Waals surface area contributed by atoms with Crippen molar-refractivity contribution < 1.29 is 13.2 Å². The summed E-state index contributed by atoms with van der Waals surface area (Å²) in [7, 11) is 0. The minimum atomic E-state index is -4.10. The van der Waals surface area contributed by atoms with E-state index >= 15 is 0 Å². The van der Waals surface area contributed by atoms with Crippen LogP contribution in [-0.4, -0.2) is 11.2 Å². The molecule has 1 rings (SSSR count). The molecule has 0 saturated carbocycles. The Hall–Kier alpha value is -0.620. The van der Waals surface area contributed by atoms with Gasteiger partial charge in [0.15, 0.2) is 0 Å². The van der Waals surface area contributed by atoms with Gasteiger partial charge in [0.25, 0.3) is 0 Å². The number of aromatic nitrogens is 1. The minimum absolute atomic E-state index is 0.0389. The standard InChI is InChI=1S/C10H12BrF3N2/c11-8-4-7(5-16-6-8)9(15)2-1-3-10(12,13)14/h4-6,9H,1-3,15H2. The van der Waals surface area contributed by atoms with Crippen LogP contribution < -0.4 is 5.73 Å². The number of nitrogens with two attached hydrogens (primary N) is 1. The average Bonchev–Trinajstić information content (AvgIpc) is 2.15. The molecule has 0 fully saturated rings. The van der Waals surface area contributed by atoms with Crippen LogP contribution in [0.15, 0.2) is 22.9 Å².